The van der Waals surface area contributed by atoms with Crippen molar-refractivity contribution in [2.75, 3.05) is 27.3 Å². The van der Waals surface area contributed by atoms with Crippen molar-refractivity contribution in [1.82, 2.24) is 10.6 Å². The van der Waals surface area contributed by atoms with Crippen LogP contribution in [0.4, 0.5) is 0 Å². The van der Waals surface area contributed by atoms with E-state index < -0.39 is 6.10 Å². The van der Waals surface area contributed by atoms with Gasteiger partial charge in [-0.3, -0.25) is 9.59 Å². The standard InChI is InChI=1S/C23H30N2O5/c1-15(2)17-6-8-19(9-7-17)30-16(3)22(26)24-10-11-25-23(27)18-12-20(28-4)14-21(13-18)29-5/h6-9,12-16H,10-11H2,1-5H3,(H,24,26)(H,25,27). The summed E-state index contributed by atoms with van der Waals surface area (Å²) in [5.74, 6) is 1.60. The van der Waals surface area contributed by atoms with E-state index in [2.05, 4.69) is 24.5 Å². The number of hydrogen-bond donors (Lipinski definition) is 2. The number of benzene rings is 2. The fourth-order valence-corrected chi connectivity index (χ4v) is 2.73. The van der Waals surface area contributed by atoms with Gasteiger partial charge in [-0.2, -0.15) is 0 Å². The zero-order valence-corrected chi connectivity index (χ0v) is 18.2. The van der Waals surface area contributed by atoms with E-state index in [4.69, 9.17) is 14.2 Å². The number of rotatable bonds is 10. The molecule has 0 fully saturated rings. The summed E-state index contributed by atoms with van der Waals surface area (Å²) < 4.78 is 16.0. The largest absolute Gasteiger partial charge is 0.497 e. The summed E-state index contributed by atoms with van der Waals surface area (Å²) in [5, 5.41) is 5.51. The monoisotopic (exact) mass is 414 g/mol. The van der Waals surface area contributed by atoms with Crippen LogP contribution in [0, 0.1) is 0 Å². The molecule has 0 aromatic heterocycles. The van der Waals surface area contributed by atoms with Gasteiger partial charge in [0.1, 0.15) is 17.2 Å². The highest BCUT2D eigenvalue weighted by Crippen LogP contribution is 2.22. The van der Waals surface area contributed by atoms with Gasteiger partial charge in [0.2, 0.25) is 0 Å². The Bertz CT molecular complexity index is 827. The minimum Gasteiger partial charge on any atom is -0.497 e. The number of carbonyl (C=O) groups is 2. The van der Waals surface area contributed by atoms with Crippen molar-refractivity contribution in [3.8, 4) is 17.2 Å². The van der Waals surface area contributed by atoms with Gasteiger partial charge in [0, 0.05) is 24.7 Å². The molecule has 0 aliphatic carbocycles. The normalized spacial score (nSPS) is 11.5. The first kappa shape index (κ1) is 23.1. The van der Waals surface area contributed by atoms with Crippen LogP contribution in [0.15, 0.2) is 42.5 Å². The molecule has 2 N–H and O–H groups in total. The molecule has 1 unspecified atom stereocenters. The van der Waals surface area contributed by atoms with Crippen molar-refractivity contribution < 1.29 is 23.8 Å². The van der Waals surface area contributed by atoms with Gasteiger partial charge in [-0.25, -0.2) is 0 Å². The molecule has 0 spiro atoms. The van der Waals surface area contributed by atoms with Crippen LogP contribution in [0.2, 0.25) is 0 Å². The summed E-state index contributed by atoms with van der Waals surface area (Å²) in [5.41, 5.74) is 1.63. The van der Waals surface area contributed by atoms with Crippen LogP contribution in [0.1, 0.15) is 42.6 Å². The average molecular weight is 415 g/mol. The van der Waals surface area contributed by atoms with Crippen LogP contribution in [-0.4, -0.2) is 45.2 Å². The highest BCUT2D eigenvalue weighted by molar-refractivity contribution is 5.95. The number of methoxy groups -OCH3 is 2. The second-order valence-electron chi connectivity index (χ2n) is 7.13. The van der Waals surface area contributed by atoms with Gasteiger partial charge in [-0.1, -0.05) is 26.0 Å². The fourth-order valence-electron chi connectivity index (χ4n) is 2.73. The third kappa shape index (κ3) is 6.69. The Morgan fingerprint density at radius 2 is 1.40 bits per heavy atom. The van der Waals surface area contributed by atoms with Crippen LogP contribution >= 0.6 is 0 Å². The number of hydrogen-bond acceptors (Lipinski definition) is 5. The van der Waals surface area contributed by atoms with Crippen molar-refractivity contribution in [2.45, 2.75) is 32.8 Å². The van der Waals surface area contributed by atoms with E-state index in [-0.39, 0.29) is 24.9 Å². The van der Waals surface area contributed by atoms with Gasteiger partial charge in [0.15, 0.2) is 6.10 Å². The highest BCUT2D eigenvalue weighted by Gasteiger charge is 2.15. The molecule has 0 aliphatic rings. The molecule has 0 saturated carbocycles. The quantitative estimate of drug-likeness (QED) is 0.584. The molecule has 7 nitrogen and oxygen atoms in total. The van der Waals surface area contributed by atoms with E-state index in [1.54, 1.807) is 25.1 Å². The number of nitrogens with one attached hydrogen (secondary N) is 2. The molecule has 2 amide bonds. The fraction of sp³-hybridized carbons (Fsp3) is 0.391. The van der Waals surface area contributed by atoms with E-state index in [1.807, 2.05) is 24.3 Å². The zero-order valence-electron chi connectivity index (χ0n) is 18.2. The predicted molar refractivity (Wildman–Crippen MR) is 116 cm³/mol. The van der Waals surface area contributed by atoms with Crippen molar-refractivity contribution in [1.29, 1.82) is 0 Å². The maximum absolute atomic E-state index is 12.3. The van der Waals surface area contributed by atoms with Gasteiger partial charge in [0.05, 0.1) is 14.2 Å². The Kier molecular flexibility index (Phi) is 8.53. The maximum Gasteiger partial charge on any atom is 0.260 e. The van der Waals surface area contributed by atoms with E-state index >= 15 is 0 Å². The summed E-state index contributed by atoms with van der Waals surface area (Å²) in [4.78, 5) is 24.5. The summed E-state index contributed by atoms with van der Waals surface area (Å²) in [6, 6.07) is 12.6. The van der Waals surface area contributed by atoms with E-state index in [0.717, 1.165) is 0 Å². The topological polar surface area (TPSA) is 85.9 Å². The smallest absolute Gasteiger partial charge is 0.260 e. The first-order valence-electron chi connectivity index (χ1n) is 9.89. The van der Waals surface area contributed by atoms with Crippen LogP contribution in [0.5, 0.6) is 17.2 Å². The lowest BCUT2D eigenvalue weighted by Gasteiger charge is -2.16. The molecule has 2 aromatic rings. The number of amides is 2. The Balaban J connectivity index is 1.78. The van der Waals surface area contributed by atoms with Crippen LogP contribution in [-0.2, 0) is 4.79 Å². The minimum absolute atomic E-state index is 0.250. The Hall–Kier alpha value is -3.22. The van der Waals surface area contributed by atoms with E-state index in [1.165, 1.54) is 19.8 Å². The summed E-state index contributed by atoms with van der Waals surface area (Å²) in [7, 11) is 3.04. The predicted octanol–water partition coefficient (Wildman–Crippen LogP) is 3.14. The molecule has 2 rings (SSSR count). The third-order valence-electron chi connectivity index (χ3n) is 4.55. The van der Waals surface area contributed by atoms with Gasteiger partial charge in [-0.15, -0.1) is 0 Å². The maximum atomic E-state index is 12.3. The van der Waals surface area contributed by atoms with E-state index in [9.17, 15) is 9.59 Å². The number of carbonyl (C=O) groups excluding carboxylic acids is 2. The molecule has 7 heteroatoms. The number of ether oxygens (including phenoxy) is 3. The Morgan fingerprint density at radius 3 is 1.93 bits per heavy atom. The first-order chi connectivity index (χ1) is 14.3. The minimum atomic E-state index is -0.645. The van der Waals surface area contributed by atoms with Crippen molar-refractivity contribution in [3.63, 3.8) is 0 Å². The SMILES string of the molecule is COc1cc(OC)cc(C(=O)NCCNC(=O)C(C)Oc2ccc(C(C)C)cc2)c1. The molecule has 0 radical (unpaired) electrons. The van der Waals surface area contributed by atoms with Crippen molar-refractivity contribution >= 4 is 11.8 Å². The highest BCUT2D eigenvalue weighted by atomic mass is 16.5. The molecular formula is C23H30N2O5. The second kappa shape index (κ2) is 11.1. The van der Waals surface area contributed by atoms with Crippen molar-refractivity contribution in [2.24, 2.45) is 0 Å². The van der Waals surface area contributed by atoms with Crippen LogP contribution in [0.25, 0.3) is 0 Å². The van der Waals surface area contributed by atoms with Crippen molar-refractivity contribution in [3.05, 3.63) is 53.6 Å². The van der Waals surface area contributed by atoms with Gasteiger partial charge < -0.3 is 24.8 Å². The molecule has 0 saturated heterocycles. The molecule has 30 heavy (non-hydrogen) atoms. The first-order valence-corrected chi connectivity index (χ1v) is 9.89. The van der Waals surface area contributed by atoms with Gasteiger partial charge in [-0.05, 0) is 42.7 Å². The third-order valence-corrected chi connectivity index (χ3v) is 4.55. The molecule has 0 bridgehead atoms. The van der Waals surface area contributed by atoms with Gasteiger partial charge in [0.25, 0.3) is 11.8 Å². The lowest BCUT2D eigenvalue weighted by molar-refractivity contribution is -0.127. The zero-order chi connectivity index (χ0) is 22.1. The molecule has 0 aliphatic heterocycles. The molecule has 1 atom stereocenters. The molecular weight excluding hydrogens is 384 g/mol. The Morgan fingerprint density at radius 1 is 0.833 bits per heavy atom. The second-order valence-corrected chi connectivity index (χ2v) is 7.13. The Labute approximate surface area is 177 Å². The van der Waals surface area contributed by atoms with Crippen LogP contribution in [0.3, 0.4) is 0 Å². The van der Waals surface area contributed by atoms with E-state index in [0.29, 0.717) is 28.7 Å². The molecule has 162 valence electrons. The average Bonchev–Trinajstić information content (AvgIpc) is 2.76. The summed E-state index contributed by atoms with van der Waals surface area (Å²) in [6.45, 7) is 6.49. The summed E-state index contributed by atoms with van der Waals surface area (Å²) >= 11 is 0. The van der Waals surface area contributed by atoms with Crippen LogP contribution < -0.4 is 24.8 Å². The lowest BCUT2D eigenvalue weighted by atomic mass is 10.0. The molecule has 2 aromatic carbocycles. The lowest BCUT2D eigenvalue weighted by Crippen LogP contribution is -2.40. The van der Waals surface area contributed by atoms with Gasteiger partial charge >= 0.3 is 0 Å². The molecule has 0 heterocycles. The summed E-state index contributed by atoms with van der Waals surface area (Å²) in [6.07, 6.45) is -0.645.